The summed E-state index contributed by atoms with van der Waals surface area (Å²) >= 11 is 0. The average molecular weight is 136 g/mol. The Hall–Kier alpha value is -1.74. The van der Waals surface area contributed by atoms with Crippen molar-refractivity contribution < 1.29 is 14.3 Å². The van der Waals surface area contributed by atoms with Crippen molar-refractivity contribution in [2.75, 3.05) is 6.61 Å². The molecule has 0 amide bonds. The molecule has 0 unspecified atom stereocenters. The van der Waals surface area contributed by atoms with Crippen molar-refractivity contribution >= 4 is 11.9 Å². The fourth-order valence-corrected chi connectivity index (χ4v) is 0.245. The largest absolute Gasteiger partial charge is 0.488 e. The highest BCUT2D eigenvalue weighted by atomic mass is 16.5. The number of hydrogen-bond donors (Lipinski definition) is 0. The van der Waals surface area contributed by atoms with Gasteiger partial charge in [0.1, 0.15) is 12.9 Å². The summed E-state index contributed by atoms with van der Waals surface area (Å²) in [7, 11) is 0. The van der Waals surface area contributed by atoms with E-state index in [2.05, 4.69) is 10.5 Å². The van der Waals surface area contributed by atoms with Crippen LogP contribution in [0.15, 0.2) is 23.8 Å². The Kier molecular flexibility index (Phi) is 6.00. The topological polar surface area (TPSA) is 43.4 Å². The zero-order chi connectivity index (χ0) is 7.66. The predicted molar refractivity (Wildman–Crippen MR) is 33.5 cm³/mol. The highest BCUT2D eigenvalue weighted by Gasteiger charge is 1.68. The Labute approximate surface area is 57.6 Å². The molecule has 0 atom stereocenters. The molecular formula is C7H4O3. The first-order valence-corrected chi connectivity index (χ1v) is 2.42. The van der Waals surface area contributed by atoms with Gasteiger partial charge in [-0.15, -0.1) is 0 Å². The van der Waals surface area contributed by atoms with E-state index in [1.54, 1.807) is 0 Å². The lowest BCUT2D eigenvalue weighted by atomic mass is 10.6. The fourth-order valence-electron chi connectivity index (χ4n) is 0.245. The standard InChI is InChI=1S/C7H4O3/c8-4-1-2-6-10-7-3-5-9/h2,7H,6H2. The lowest BCUT2D eigenvalue weighted by molar-refractivity contribution is 0.291. The molecule has 0 aliphatic heterocycles. The van der Waals surface area contributed by atoms with E-state index in [-0.39, 0.29) is 6.61 Å². The van der Waals surface area contributed by atoms with Crippen LogP contribution >= 0.6 is 0 Å². The smallest absolute Gasteiger partial charge is 0.180 e. The predicted octanol–water partition coefficient (Wildman–Crippen LogP) is 0.0463. The van der Waals surface area contributed by atoms with Crippen molar-refractivity contribution in [2.45, 2.75) is 0 Å². The van der Waals surface area contributed by atoms with Gasteiger partial charge < -0.3 is 4.74 Å². The molecule has 0 saturated carbocycles. The van der Waals surface area contributed by atoms with E-state index in [1.165, 1.54) is 18.0 Å². The summed E-state index contributed by atoms with van der Waals surface area (Å²) in [5.41, 5.74) is 4.15. The summed E-state index contributed by atoms with van der Waals surface area (Å²) in [5, 5.41) is 0. The Balaban J connectivity index is 3.57. The van der Waals surface area contributed by atoms with Crippen LogP contribution in [0, 0.1) is 0 Å². The van der Waals surface area contributed by atoms with Crippen LogP contribution in [-0.4, -0.2) is 18.5 Å². The summed E-state index contributed by atoms with van der Waals surface area (Å²) in [6.07, 6.45) is 2.38. The zero-order valence-corrected chi connectivity index (χ0v) is 5.09. The fraction of sp³-hybridized carbons (Fsp3) is 0.143. The maximum absolute atomic E-state index is 9.48. The Morgan fingerprint density at radius 2 is 1.90 bits per heavy atom. The molecule has 0 spiro atoms. The third-order valence-corrected chi connectivity index (χ3v) is 0.542. The molecule has 3 nitrogen and oxygen atoms in total. The van der Waals surface area contributed by atoms with Gasteiger partial charge in [0.25, 0.3) is 0 Å². The third-order valence-electron chi connectivity index (χ3n) is 0.542. The Bertz CT molecular complexity index is 214. The monoisotopic (exact) mass is 136 g/mol. The molecule has 0 aromatic carbocycles. The summed E-state index contributed by atoms with van der Waals surface area (Å²) in [6, 6.07) is 0. The first-order chi connectivity index (χ1) is 4.91. The van der Waals surface area contributed by atoms with Crippen molar-refractivity contribution in [2.24, 2.45) is 0 Å². The summed E-state index contributed by atoms with van der Waals surface area (Å²) in [6.45, 7) is 0.171. The van der Waals surface area contributed by atoms with E-state index >= 15 is 0 Å². The summed E-state index contributed by atoms with van der Waals surface area (Å²) in [5.74, 6) is 2.78. The minimum absolute atomic E-state index is 0.171. The molecule has 0 N–H and O–H groups in total. The van der Waals surface area contributed by atoms with Crippen molar-refractivity contribution in [3.63, 3.8) is 0 Å². The van der Waals surface area contributed by atoms with Gasteiger partial charge in [-0.05, 0) is 5.73 Å². The van der Waals surface area contributed by atoms with Crippen molar-refractivity contribution in [1.82, 2.24) is 0 Å². The molecule has 3 heteroatoms. The Morgan fingerprint density at radius 1 is 1.20 bits per heavy atom. The molecule has 0 saturated heterocycles. The normalized spacial score (nSPS) is 5.60. The number of ether oxygens (including phenoxy) is 1. The molecule has 0 aliphatic carbocycles. The minimum atomic E-state index is 0.171. The van der Waals surface area contributed by atoms with Crippen LogP contribution in [0.5, 0.6) is 0 Å². The van der Waals surface area contributed by atoms with Gasteiger partial charge >= 0.3 is 0 Å². The van der Waals surface area contributed by atoms with Crippen LogP contribution < -0.4 is 0 Å². The molecule has 0 fully saturated rings. The lowest BCUT2D eigenvalue weighted by Crippen LogP contribution is -1.77. The number of hydrogen-bond acceptors (Lipinski definition) is 3. The molecule has 10 heavy (non-hydrogen) atoms. The van der Waals surface area contributed by atoms with Gasteiger partial charge in [-0.3, -0.25) is 0 Å². The second-order valence-corrected chi connectivity index (χ2v) is 1.15. The van der Waals surface area contributed by atoms with E-state index in [1.807, 2.05) is 5.73 Å². The van der Waals surface area contributed by atoms with Crippen molar-refractivity contribution in [1.29, 1.82) is 0 Å². The first kappa shape index (κ1) is 8.26. The molecule has 0 heterocycles. The van der Waals surface area contributed by atoms with Gasteiger partial charge in [-0.2, -0.15) is 0 Å². The van der Waals surface area contributed by atoms with E-state index < -0.39 is 0 Å². The molecule has 0 aromatic rings. The SMILES string of the molecule is O=C=C=CCOC=C=C=O. The van der Waals surface area contributed by atoms with E-state index in [0.717, 1.165) is 6.26 Å². The molecule has 0 aromatic heterocycles. The van der Waals surface area contributed by atoms with Crippen LogP contribution in [0.2, 0.25) is 0 Å². The van der Waals surface area contributed by atoms with Gasteiger partial charge in [-0.1, -0.05) is 0 Å². The van der Waals surface area contributed by atoms with Crippen LogP contribution in [0.3, 0.4) is 0 Å². The van der Waals surface area contributed by atoms with Crippen molar-refractivity contribution in [3.8, 4) is 0 Å². The molecule has 0 bridgehead atoms. The molecular weight excluding hydrogens is 132 g/mol. The van der Waals surface area contributed by atoms with Crippen LogP contribution in [-0.2, 0) is 14.3 Å². The molecule has 0 aliphatic rings. The second kappa shape index (κ2) is 7.26. The van der Waals surface area contributed by atoms with Gasteiger partial charge in [0.05, 0.1) is 0 Å². The van der Waals surface area contributed by atoms with Gasteiger partial charge in [-0.25, -0.2) is 9.59 Å². The average Bonchev–Trinajstić information content (AvgIpc) is 1.97. The quantitative estimate of drug-likeness (QED) is 0.238. The van der Waals surface area contributed by atoms with E-state index in [9.17, 15) is 9.59 Å². The van der Waals surface area contributed by atoms with Gasteiger partial charge in [0, 0.05) is 11.8 Å². The van der Waals surface area contributed by atoms with Crippen LogP contribution in [0.1, 0.15) is 0 Å². The highest BCUT2D eigenvalue weighted by Crippen LogP contribution is 1.72. The van der Waals surface area contributed by atoms with E-state index in [4.69, 9.17) is 0 Å². The van der Waals surface area contributed by atoms with Gasteiger partial charge in [0.2, 0.25) is 0 Å². The molecule has 0 radical (unpaired) electrons. The van der Waals surface area contributed by atoms with Crippen LogP contribution in [0.25, 0.3) is 0 Å². The summed E-state index contributed by atoms with van der Waals surface area (Å²) < 4.78 is 4.58. The first-order valence-electron chi connectivity index (χ1n) is 2.42. The lowest BCUT2D eigenvalue weighted by Gasteiger charge is -1.85. The van der Waals surface area contributed by atoms with Crippen LogP contribution in [0.4, 0.5) is 0 Å². The maximum Gasteiger partial charge on any atom is 0.180 e. The Morgan fingerprint density at radius 3 is 2.50 bits per heavy atom. The van der Waals surface area contributed by atoms with Crippen molar-refractivity contribution in [3.05, 3.63) is 23.8 Å². The molecule has 0 rings (SSSR count). The number of rotatable bonds is 3. The number of carbonyl (C=O) groups excluding carboxylic acids is 2. The third kappa shape index (κ3) is 6.26. The summed E-state index contributed by atoms with van der Waals surface area (Å²) in [4.78, 5) is 18.9. The molecule has 50 valence electrons. The van der Waals surface area contributed by atoms with E-state index in [0.29, 0.717) is 0 Å². The highest BCUT2D eigenvalue weighted by molar-refractivity contribution is 5.43. The zero-order valence-electron chi connectivity index (χ0n) is 5.09. The maximum atomic E-state index is 9.48. The van der Waals surface area contributed by atoms with Gasteiger partial charge in [0.15, 0.2) is 11.9 Å². The second-order valence-electron chi connectivity index (χ2n) is 1.15. The minimum Gasteiger partial charge on any atom is -0.488 e.